The van der Waals surface area contributed by atoms with Crippen LogP contribution in [0.25, 0.3) is 0 Å². The van der Waals surface area contributed by atoms with E-state index in [9.17, 15) is 14.7 Å². The highest BCUT2D eigenvalue weighted by Crippen LogP contribution is 2.25. The number of aliphatic hydroxyl groups excluding tert-OH is 1. The lowest BCUT2D eigenvalue weighted by Crippen LogP contribution is -2.52. The van der Waals surface area contributed by atoms with Crippen LogP contribution in [0.3, 0.4) is 0 Å². The van der Waals surface area contributed by atoms with Crippen molar-refractivity contribution in [3.05, 3.63) is 27.3 Å². The maximum Gasteiger partial charge on any atom is 0.410 e. The van der Waals surface area contributed by atoms with Gasteiger partial charge >= 0.3 is 6.09 Å². The largest absolute Gasteiger partial charge is 0.487 e. The second-order valence-corrected chi connectivity index (χ2v) is 7.98. The second kappa shape index (κ2) is 7.69. The van der Waals surface area contributed by atoms with Crippen molar-refractivity contribution in [3.8, 4) is 5.75 Å². The molecule has 1 aliphatic rings. The number of carbonyl (C=O) groups excluding carboxylic acids is 2. The number of amides is 1. The number of hydrogen-bond acceptors (Lipinski definition) is 5. The average Bonchev–Trinajstić information content (AvgIpc) is 2.49. The molecule has 0 spiro atoms. The summed E-state index contributed by atoms with van der Waals surface area (Å²) in [6.45, 7) is 5.97. The quantitative estimate of drug-likeness (QED) is 0.570. The van der Waals surface area contributed by atoms with E-state index in [-0.39, 0.29) is 6.54 Å². The third-order valence-corrected chi connectivity index (χ3v) is 4.22. The van der Waals surface area contributed by atoms with Crippen LogP contribution in [0, 0.1) is 3.57 Å². The van der Waals surface area contributed by atoms with Crippen molar-refractivity contribution in [1.29, 1.82) is 0 Å². The van der Waals surface area contributed by atoms with E-state index in [2.05, 4.69) is 22.6 Å². The van der Waals surface area contributed by atoms with Crippen LogP contribution in [0.4, 0.5) is 4.79 Å². The van der Waals surface area contributed by atoms with E-state index in [1.807, 2.05) is 6.07 Å². The fourth-order valence-corrected chi connectivity index (χ4v) is 2.94. The third-order valence-electron chi connectivity index (χ3n) is 3.55. The molecule has 0 unspecified atom stereocenters. The van der Waals surface area contributed by atoms with Crippen molar-refractivity contribution in [2.45, 2.75) is 45.0 Å². The van der Waals surface area contributed by atoms with Gasteiger partial charge in [0.15, 0.2) is 6.29 Å². The van der Waals surface area contributed by atoms with Crippen LogP contribution in [0.2, 0.25) is 0 Å². The number of likely N-dealkylation sites (tertiary alicyclic amines) is 1. The molecule has 1 saturated heterocycles. The Bertz CT molecular complexity index is 613. The molecule has 0 aliphatic carbocycles. The standard InChI is InChI=1S/C17H22INO5/c1-17(2,3)24-16(22)19-7-6-15(13(21)9-19)23-14-5-4-12(18)8-11(14)10-20/h4-5,8,10,13,15,21H,6-7,9H2,1-3H3/t13-,15-/m1/s1. The lowest BCUT2D eigenvalue weighted by molar-refractivity contribution is -0.0375. The minimum absolute atomic E-state index is 0.139. The molecule has 1 aliphatic heterocycles. The number of aliphatic hydroxyl groups is 1. The Balaban J connectivity index is 1.99. The highest BCUT2D eigenvalue weighted by Gasteiger charge is 2.34. The van der Waals surface area contributed by atoms with Gasteiger partial charge in [-0.2, -0.15) is 0 Å². The van der Waals surface area contributed by atoms with E-state index >= 15 is 0 Å². The zero-order chi connectivity index (χ0) is 17.9. The summed E-state index contributed by atoms with van der Waals surface area (Å²) in [5.41, 5.74) is -0.126. The molecule has 0 radical (unpaired) electrons. The van der Waals surface area contributed by atoms with Crippen LogP contribution < -0.4 is 4.74 Å². The minimum atomic E-state index is -0.843. The van der Waals surface area contributed by atoms with E-state index in [0.29, 0.717) is 24.3 Å². The maximum atomic E-state index is 12.1. The number of rotatable bonds is 3. The van der Waals surface area contributed by atoms with E-state index in [4.69, 9.17) is 9.47 Å². The number of halogens is 1. The Kier molecular flexibility index (Phi) is 6.08. The number of hydrogen-bond donors (Lipinski definition) is 1. The van der Waals surface area contributed by atoms with Gasteiger partial charge in [0.2, 0.25) is 0 Å². The molecule has 24 heavy (non-hydrogen) atoms. The topological polar surface area (TPSA) is 76.1 Å². The first-order valence-corrected chi connectivity index (χ1v) is 8.85. The van der Waals surface area contributed by atoms with Crippen LogP contribution in [-0.2, 0) is 4.74 Å². The van der Waals surface area contributed by atoms with Crippen LogP contribution in [0.15, 0.2) is 18.2 Å². The van der Waals surface area contributed by atoms with Crippen LogP contribution >= 0.6 is 22.6 Å². The van der Waals surface area contributed by atoms with E-state index in [1.54, 1.807) is 32.9 Å². The summed E-state index contributed by atoms with van der Waals surface area (Å²) < 4.78 is 12.1. The van der Waals surface area contributed by atoms with Gasteiger partial charge in [-0.3, -0.25) is 4.79 Å². The Labute approximate surface area is 155 Å². The fraction of sp³-hybridized carbons (Fsp3) is 0.529. The number of ether oxygens (including phenoxy) is 2. The molecular weight excluding hydrogens is 425 g/mol. The molecule has 0 bridgehead atoms. The molecule has 1 fully saturated rings. The van der Waals surface area contributed by atoms with Crippen molar-refractivity contribution < 1.29 is 24.2 Å². The zero-order valence-electron chi connectivity index (χ0n) is 14.0. The summed E-state index contributed by atoms with van der Waals surface area (Å²) in [5.74, 6) is 0.445. The summed E-state index contributed by atoms with van der Waals surface area (Å²) in [5, 5.41) is 10.3. The summed E-state index contributed by atoms with van der Waals surface area (Å²) in [4.78, 5) is 24.7. The predicted octanol–water partition coefficient (Wildman–Crippen LogP) is 2.85. The van der Waals surface area contributed by atoms with Gasteiger partial charge in [0, 0.05) is 16.5 Å². The van der Waals surface area contributed by atoms with Gasteiger partial charge in [-0.15, -0.1) is 0 Å². The first-order chi connectivity index (χ1) is 11.2. The number of aldehydes is 1. The molecule has 6 nitrogen and oxygen atoms in total. The fourth-order valence-electron chi connectivity index (χ4n) is 2.42. The molecular formula is C17H22INO5. The van der Waals surface area contributed by atoms with Crippen molar-refractivity contribution in [3.63, 3.8) is 0 Å². The molecule has 1 aromatic carbocycles. The molecule has 1 N–H and O–H groups in total. The molecule has 1 aromatic rings. The molecule has 2 rings (SSSR count). The van der Waals surface area contributed by atoms with Gasteiger partial charge < -0.3 is 19.5 Å². The molecule has 1 amide bonds. The number of carbonyl (C=O) groups is 2. The van der Waals surface area contributed by atoms with E-state index in [0.717, 1.165) is 9.86 Å². The normalized spacial score (nSPS) is 21.3. The average molecular weight is 447 g/mol. The lowest BCUT2D eigenvalue weighted by Gasteiger charge is -2.36. The number of nitrogens with zero attached hydrogens (tertiary/aromatic N) is 1. The summed E-state index contributed by atoms with van der Waals surface area (Å²) in [7, 11) is 0. The molecule has 7 heteroatoms. The van der Waals surface area contributed by atoms with Gasteiger partial charge in [-0.05, 0) is 61.6 Å². The third kappa shape index (κ3) is 5.07. The molecule has 2 atom stereocenters. The Morgan fingerprint density at radius 2 is 2.12 bits per heavy atom. The number of piperidine rings is 1. The first kappa shape index (κ1) is 19.0. The Morgan fingerprint density at radius 1 is 1.42 bits per heavy atom. The summed E-state index contributed by atoms with van der Waals surface area (Å²) in [6, 6.07) is 5.29. The summed E-state index contributed by atoms with van der Waals surface area (Å²) in [6.07, 6.45) is -0.556. The van der Waals surface area contributed by atoms with Crippen molar-refractivity contribution in [1.82, 2.24) is 4.90 Å². The number of β-amino-alcohol motifs (C(OH)–C–C–N with tert-alkyl or cyclic N) is 1. The first-order valence-electron chi connectivity index (χ1n) is 7.77. The Morgan fingerprint density at radius 3 is 2.71 bits per heavy atom. The zero-order valence-corrected chi connectivity index (χ0v) is 16.1. The lowest BCUT2D eigenvalue weighted by atomic mass is 10.0. The smallest absolute Gasteiger partial charge is 0.410 e. The van der Waals surface area contributed by atoms with Crippen LogP contribution in [0.5, 0.6) is 5.75 Å². The molecule has 0 saturated carbocycles. The predicted molar refractivity (Wildman–Crippen MR) is 97.4 cm³/mol. The van der Waals surface area contributed by atoms with Crippen molar-refractivity contribution in [2.24, 2.45) is 0 Å². The maximum absolute atomic E-state index is 12.1. The second-order valence-electron chi connectivity index (χ2n) is 6.74. The van der Waals surface area contributed by atoms with Gasteiger partial charge in [0.05, 0.1) is 12.1 Å². The van der Waals surface area contributed by atoms with E-state index < -0.39 is 23.9 Å². The van der Waals surface area contributed by atoms with E-state index in [1.165, 1.54) is 4.90 Å². The number of benzene rings is 1. The van der Waals surface area contributed by atoms with Gasteiger partial charge in [0.25, 0.3) is 0 Å². The minimum Gasteiger partial charge on any atom is -0.487 e. The highest BCUT2D eigenvalue weighted by molar-refractivity contribution is 14.1. The molecule has 1 heterocycles. The van der Waals surface area contributed by atoms with Crippen molar-refractivity contribution in [2.75, 3.05) is 13.1 Å². The Hall–Kier alpha value is -1.35. The van der Waals surface area contributed by atoms with Gasteiger partial charge in [0.1, 0.15) is 23.6 Å². The monoisotopic (exact) mass is 447 g/mol. The highest BCUT2D eigenvalue weighted by atomic mass is 127. The van der Waals surface area contributed by atoms with Gasteiger partial charge in [-0.25, -0.2) is 4.79 Å². The SMILES string of the molecule is CC(C)(C)OC(=O)N1CC[C@@H](Oc2ccc(I)cc2C=O)[C@H](O)C1. The summed E-state index contributed by atoms with van der Waals surface area (Å²) >= 11 is 2.12. The van der Waals surface area contributed by atoms with Crippen LogP contribution in [0.1, 0.15) is 37.6 Å². The molecule has 0 aromatic heterocycles. The van der Waals surface area contributed by atoms with Gasteiger partial charge in [-0.1, -0.05) is 0 Å². The van der Waals surface area contributed by atoms with Crippen molar-refractivity contribution >= 4 is 35.0 Å². The van der Waals surface area contributed by atoms with Crippen LogP contribution in [-0.4, -0.2) is 53.3 Å². The molecule has 132 valence electrons.